The number of hydrogen-bond acceptors (Lipinski definition) is 3. The van der Waals surface area contributed by atoms with Gasteiger partial charge in [0.25, 0.3) is 0 Å². The van der Waals surface area contributed by atoms with Gasteiger partial charge < -0.3 is 0 Å². The third-order valence-corrected chi connectivity index (χ3v) is 0.129. The molecule has 0 heterocycles. The van der Waals surface area contributed by atoms with E-state index >= 15 is 0 Å². The normalized spacial score (nSPS) is 5.25. The van der Waals surface area contributed by atoms with Crippen LogP contribution >= 0.6 is 11.9 Å². The van der Waals surface area contributed by atoms with E-state index in [1.54, 1.807) is 0 Å². The van der Waals surface area contributed by atoms with Crippen LogP contribution in [-0.2, 0) is 4.70 Å². The molecule has 0 rings (SSSR count). The molecule has 2 nitrogen and oxygen atoms in total. The quantitative estimate of drug-likeness (QED) is 0.357. The summed E-state index contributed by atoms with van der Waals surface area (Å²) in [5.74, 6) is 0. The van der Waals surface area contributed by atoms with Gasteiger partial charge in [0.1, 0.15) is 0 Å². The predicted octanol–water partition coefficient (Wildman–Crippen LogP) is 0.157. The predicted molar refractivity (Wildman–Crippen MR) is 16.7 cm³/mol. The summed E-state index contributed by atoms with van der Waals surface area (Å²) in [6, 6.07) is 0. The molecule has 0 aliphatic rings. The van der Waals surface area contributed by atoms with Crippen molar-refractivity contribution in [3.63, 3.8) is 0 Å². The van der Waals surface area contributed by atoms with Crippen molar-refractivity contribution in [1.29, 1.82) is 0 Å². The zero-order chi connectivity index (χ0) is 3.41. The Kier molecular flexibility index (Phi) is 3.31. The fourth-order valence-electron chi connectivity index (χ4n) is 0. The average Bonchev–Trinajstić information content (AvgIpc) is 1.37. The van der Waals surface area contributed by atoms with Crippen molar-refractivity contribution in [2.75, 3.05) is 0 Å². The summed E-state index contributed by atoms with van der Waals surface area (Å²) < 4.78 is 16.3. The third kappa shape index (κ3) is 2.17. The molecule has 0 aliphatic carbocycles. The Morgan fingerprint density at radius 2 is 2.25 bits per heavy atom. The summed E-state index contributed by atoms with van der Waals surface area (Å²) in [6.07, 6.45) is 0.347. The Labute approximate surface area is 28.6 Å². The Morgan fingerprint density at radius 1 is 2.00 bits per heavy atom. The second kappa shape index (κ2) is 3.17. The first-order valence-electron chi connectivity index (χ1n) is 0.654. The van der Waals surface area contributed by atoms with Crippen molar-refractivity contribution in [2.24, 2.45) is 0 Å². The molecule has 0 aromatic heterocycles. The molecule has 0 unspecified atom stereocenters. The minimum absolute atomic E-state index is 0.176. The second-order valence-corrected chi connectivity index (χ2v) is 0.605. The van der Waals surface area contributed by atoms with Crippen LogP contribution in [0.4, 0.5) is 0 Å². The standard InChI is InChI=1S/BHO2S/c2-1-4-3/h3H. The maximum absolute atomic E-state index is 8.89. The molecule has 4 heavy (non-hydrogen) atoms. The fourth-order valence-corrected chi connectivity index (χ4v) is 0. The summed E-state index contributed by atoms with van der Waals surface area (Å²) >= 11 is 0.176. The van der Waals surface area contributed by atoms with Gasteiger partial charge in [0.15, 0.2) is 0 Å². The molecule has 0 atom stereocenters. The molecule has 4 heteroatoms. The number of hydrogen-bond donors (Lipinski definition) is 1. The van der Waals surface area contributed by atoms with Crippen LogP contribution < -0.4 is 0 Å². The van der Waals surface area contributed by atoms with Gasteiger partial charge in [0.05, 0.1) is 0 Å². The molecule has 1 N–H and O–H groups in total. The molecular formula is HBO2S. The summed E-state index contributed by atoms with van der Waals surface area (Å²) in [6.45, 7) is 0. The van der Waals surface area contributed by atoms with Crippen molar-refractivity contribution in [1.82, 2.24) is 0 Å². The summed E-state index contributed by atoms with van der Waals surface area (Å²) in [7, 11) is 0. The van der Waals surface area contributed by atoms with E-state index in [0.717, 1.165) is 0 Å². The molecule has 22 valence electrons. The monoisotopic (exact) mass is 76.0 g/mol. The Morgan fingerprint density at radius 3 is 2.25 bits per heavy atom. The topological polar surface area (TPSA) is 37.3 Å². The van der Waals surface area contributed by atoms with Crippen LogP contribution in [0.3, 0.4) is 0 Å². The van der Waals surface area contributed by atoms with Crippen LogP contribution in [0, 0.1) is 0 Å². The van der Waals surface area contributed by atoms with Crippen molar-refractivity contribution >= 4 is 18.3 Å². The summed E-state index contributed by atoms with van der Waals surface area (Å²) in [5, 5.41) is 0. The van der Waals surface area contributed by atoms with Crippen molar-refractivity contribution < 1.29 is 9.26 Å². The molecule has 0 spiro atoms. The van der Waals surface area contributed by atoms with Gasteiger partial charge in [-0.3, -0.25) is 0 Å². The first kappa shape index (κ1) is 4.17. The fraction of sp³-hybridized carbons (Fsp3) is 0. The van der Waals surface area contributed by atoms with E-state index in [4.69, 9.17) is 9.26 Å². The minimum atomic E-state index is 0.176. The molecule has 0 aromatic rings. The second-order valence-electron chi connectivity index (χ2n) is 0.202. The van der Waals surface area contributed by atoms with Gasteiger partial charge in [-0.1, -0.05) is 0 Å². The molecule has 0 saturated carbocycles. The SMILES string of the molecule is O=BSO. The molecule has 0 amide bonds. The Bertz CT molecular complexity index is 20.0. The molecule has 0 bridgehead atoms. The van der Waals surface area contributed by atoms with Gasteiger partial charge in [0.2, 0.25) is 0 Å². The average molecular weight is 75.9 g/mol. The van der Waals surface area contributed by atoms with E-state index in [1.807, 2.05) is 0 Å². The van der Waals surface area contributed by atoms with Gasteiger partial charge in [-0.15, -0.1) is 0 Å². The van der Waals surface area contributed by atoms with Crippen LogP contribution in [0.15, 0.2) is 0 Å². The van der Waals surface area contributed by atoms with E-state index in [1.165, 1.54) is 0 Å². The van der Waals surface area contributed by atoms with Gasteiger partial charge >= 0.3 is 27.6 Å². The van der Waals surface area contributed by atoms with E-state index in [9.17, 15) is 0 Å². The third-order valence-electron chi connectivity index (χ3n) is 0.0430. The van der Waals surface area contributed by atoms with E-state index in [2.05, 4.69) is 0 Å². The van der Waals surface area contributed by atoms with Gasteiger partial charge in [-0.05, 0) is 0 Å². The molecule has 0 aliphatic heterocycles. The van der Waals surface area contributed by atoms with E-state index in [-0.39, 0.29) is 11.9 Å². The summed E-state index contributed by atoms with van der Waals surface area (Å²) in [5.41, 5.74) is 0. The van der Waals surface area contributed by atoms with Gasteiger partial charge in [0, 0.05) is 0 Å². The zero-order valence-electron chi connectivity index (χ0n) is 1.84. The van der Waals surface area contributed by atoms with Crippen molar-refractivity contribution in [3.05, 3.63) is 0 Å². The van der Waals surface area contributed by atoms with Crippen LogP contribution in [-0.4, -0.2) is 11.0 Å². The zero-order valence-corrected chi connectivity index (χ0v) is 2.66. The van der Waals surface area contributed by atoms with Crippen LogP contribution in [0.5, 0.6) is 0 Å². The molecule has 0 saturated heterocycles. The van der Waals surface area contributed by atoms with E-state index < -0.39 is 0 Å². The molecular weight excluding hydrogens is 74.9 g/mol. The van der Waals surface area contributed by atoms with Crippen molar-refractivity contribution in [2.45, 2.75) is 0 Å². The molecule has 0 radical (unpaired) electrons. The Hall–Kier alpha value is 0.175. The Balaban J connectivity index is 2.30. The van der Waals surface area contributed by atoms with Gasteiger partial charge in [-0.25, -0.2) is 0 Å². The maximum atomic E-state index is 8.89. The van der Waals surface area contributed by atoms with Crippen LogP contribution in [0.25, 0.3) is 0 Å². The van der Waals surface area contributed by atoms with Crippen LogP contribution in [0.2, 0.25) is 0 Å². The van der Waals surface area contributed by atoms with Crippen LogP contribution in [0.1, 0.15) is 0 Å². The molecule has 0 fully saturated rings. The first-order valence-corrected chi connectivity index (χ1v) is 1.49. The van der Waals surface area contributed by atoms with E-state index in [0.29, 0.717) is 6.43 Å². The van der Waals surface area contributed by atoms with Crippen molar-refractivity contribution in [3.8, 4) is 0 Å². The first-order chi connectivity index (χ1) is 1.91. The van der Waals surface area contributed by atoms with Gasteiger partial charge in [-0.2, -0.15) is 0 Å². The summed E-state index contributed by atoms with van der Waals surface area (Å²) in [4.78, 5) is 0. The molecule has 0 aromatic carbocycles. The number of rotatable bonds is 1.